The lowest BCUT2D eigenvalue weighted by molar-refractivity contribution is 0.117. The van der Waals surface area contributed by atoms with Crippen LogP contribution in [0.5, 0.6) is 0 Å². The van der Waals surface area contributed by atoms with Gasteiger partial charge in [-0.15, -0.1) is 0 Å². The number of ether oxygens (including phenoxy) is 2. The summed E-state index contributed by atoms with van der Waals surface area (Å²) in [6, 6.07) is 0. The molecular formula is C9H16O2. The monoisotopic (exact) mass is 156 g/mol. The van der Waals surface area contributed by atoms with Crippen LogP contribution in [-0.2, 0) is 9.47 Å². The van der Waals surface area contributed by atoms with Crippen LogP contribution in [0.3, 0.4) is 0 Å². The fourth-order valence-electron chi connectivity index (χ4n) is 1.20. The third kappa shape index (κ3) is 3.42. The van der Waals surface area contributed by atoms with Gasteiger partial charge in [-0.05, 0) is 6.42 Å². The van der Waals surface area contributed by atoms with Crippen molar-refractivity contribution in [1.82, 2.24) is 0 Å². The fourth-order valence-corrected chi connectivity index (χ4v) is 1.20. The van der Waals surface area contributed by atoms with Crippen LogP contribution in [0, 0.1) is 0 Å². The van der Waals surface area contributed by atoms with E-state index in [1.54, 1.807) is 0 Å². The van der Waals surface area contributed by atoms with Crippen LogP contribution >= 0.6 is 0 Å². The molecule has 1 rings (SSSR count). The van der Waals surface area contributed by atoms with E-state index in [1.807, 2.05) is 0 Å². The molecule has 2 unspecified atom stereocenters. The van der Waals surface area contributed by atoms with Gasteiger partial charge in [-0.25, -0.2) is 0 Å². The molecule has 2 atom stereocenters. The highest BCUT2D eigenvalue weighted by atomic mass is 16.6. The zero-order valence-electron chi connectivity index (χ0n) is 7.08. The lowest BCUT2D eigenvalue weighted by Gasteiger charge is -2.13. The second-order valence-corrected chi connectivity index (χ2v) is 2.90. The van der Waals surface area contributed by atoms with Crippen LogP contribution in [0.4, 0.5) is 0 Å². The quantitative estimate of drug-likeness (QED) is 0.434. The maximum Gasteiger partial charge on any atom is 0.100 e. The maximum absolute atomic E-state index is 5.32. The first kappa shape index (κ1) is 8.60. The lowest BCUT2D eigenvalue weighted by atomic mass is 10.1. The van der Waals surface area contributed by atoms with Crippen molar-refractivity contribution in [3.8, 4) is 0 Å². The maximum atomic E-state index is 5.32. The Labute approximate surface area is 68.2 Å². The Hall–Kier alpha value is -0.500. The molecule has 0 aromatic carbocycles. The first-order chi connectivity index (χ1) is 5.36. The summed E-state index contributed by atoms with van der Waals surface area (Å²) in [5.41, 5.74) is 0. The molecule has 0 aliphatic carbocycles. The van der Waals surface area contributed by atoms with Gasteiger partial charge in [-0.3, -0.25) is 0 Å². The minimum Gasteiger partial charge on any atom is -0.499 e. The van der Waals surface area contributed by atoms with Gasteiger partial charge in [0.15, 0.2) is 0 Å². The van der Waals surface area contributed by atoms with Gasteiger partial charge in [0.2, 0.25) is 0 Å². The largest absolute Gasteiger partial charge is 0.499 e. The van der Waals surface area contributed by atoms with Gasteiger partial charge in [0.1, 0.15) is 6.10 Å². The van der Waals surface area contributed by atoms with Crippen molar-refractivity contribution in [2.45, 2.75) is 38.4 Å². The summed E-state index contributed by atoms with van der Waals surface area (Å²) < 4.78 is 10.4. The minimum absolute atomic E-state index is 0.324. The second kappa shape index (κ2) is 4.39. The number of hydrogen-bond acceptors (Lipinski definition) is 2. The Bertz CT molecular complexity index is 119. The topological polar surface area (TPSA) is 21.8 Å². The van der Waals surface area contributed by atoms with Crippen LogP contribution in [0.15, 0.2) is 12.8 Å². The molecule has 0 spiro atoms. The first-order valence-corrected chi connectivity index (χ1v) is 4.24. The summed E-state index contributed by atoms with van der Waals surface area (Å²) in [6.07, 6.45) is 5.61. The molecule has 1 heterocycles. The molecule has 1 aliphatic rings. The van der Waals surface area contributed by atoms with E-state index < -0.39 is 0 Å². The van der Waals surface area contributed by atoms with Crippen molar-refractivity contribution in [2.24, 2.45) is 0 Å². The van der Waals surface area contributed by atoms with E-state index in [1.165, 1.54) is 6.26 Å². The third-order valence-electron chi connectivity index (χ3n) is 1.83. The van der Waals surface area contributed by atoms with Crippen molar-refractivity contribution in [3.05, 3.63) is 12.8 Å². The average molecular weight is 156 g/mol. The first-order valence-electron chi connectivity index (χ1n) is 4.24. The summed E-state index contributed by atoms with van der Waals surface area (Å²) in [7, 11) is 0. The minimum atomic E-state index is 0.324. The van der Waals surface area contributed by atoms with E-state index in [0.29, 0.717) is 12.2 Å². The molecule has 11 heavy (non-hydrogen) atoms. The van der Waals surface area contributed by atoms with Crippen molar-refractivity contribution < 1.29 is 9.47 Å². The third-order valence-corrected chi connectivity index (χ3v) is 1.83. The highest BCUT2D eigenvalue weighted by molar-refractivity contribution is 4.75. The molecule has 0 amide bonds. The van der Waals surface area contributed by atoms with E-state index in [9.17, 15) is 0 Å². The van der Waals surface area contributed by atoms with Crippen molar-refractivity contribution >= 4 is 0 Å². The van der Waals surface area contributed by atoms with Gasteiger partial charge in [-0.2, -0.15) is 0 Å². The number of rotatable bonds is 6. The molecule has 1 fully saturated rings. The van der Waals surface area contributed by atoms with E-state index in [0.717, 1.165) is 25.9 Å². The fraction of sp³-hybridized carbons (Fsp3) is 0.778. The Morgan fingerprint density at radius 3 is 3.00 bits per heavy atom. The molecule has 0 aromatic rings. The zero-order valence-corrected chi connectivity index (χ0v) is 7.08. The highest BCUT2D eigenvalue weighted by Gasteiger charge is 2.26. The number of hydrogen-bond donors (Lipinski definition) is 0. The molecule has 0 bridgehead atoms. The van der Waals surface area contributed by atoms with Crippen LogP contribution < -0.4 is 0 Å². The SMILES string of the molecule is C=COC(CCC)CC1CO1. The van der Waals surface area contributed by atoms with Crippen molar-refractivity contribution in [3.63, 3.8) is 0 Å². The Kier molecular flexibility index (Phi) is 3.43. The molecular weight excluding hydrogens is 140 g/mol. The van der Waals surface area contributed by atoms with Crippen LogP contribution in [-0.4, -0.2) is 18.8 Å². The number of epoxide rings is 1. The lowest BCUT2D eigenvalue weighted by Crippen LogP contribution is -2.12. The van der Waals surface area contributed by atoms with E-state index in [4.69, 9.17) is 9.47 Å². The second-order valence-electron chi connectivity index (χ2n) is 2.90. The highest BCUT2D eigenvalue weighted by Crippen LogP contribution is 2.20. The molecule has 0 saturated carbocycles. The summed E-state index contributed by atoms with van der Waals surface area (Å²) >= 11 is 0. The molecule has 2 heteroatoms. The summed E-state index contributed by atoms with van der Waals surface area (Å²) in [6.45, 7) is 6.62. The van der Waals surface area contributed by atoms with Gasteiger partial charge >= 0.3 is 0 Å². The summed E-state index contributed by atoms with van der Waals surface area (Å²) in [4.78, 5) is 0. The Morgan fingerprint density at radius 1 is 1.82 bits per heavy atom. The molecule has 1 saturated heterocycles. The van der Waals surface area contributed by atoms with Crippen LogP contribution in [0.1, 0.15) is 26.2 Å². The normalized spacial score (nSPS) is 24.3. The van der Waals surface area contributed by atoms with Gasteiger partial charge in [0.25, 0.3) is 0 Å². The standard InChI is InChI=1S/C9H16O2/c1-3-5-8(10-4-2)6-9-7-11-9/h4,8-9H,2-3,5-7H2,1H3. The molecule has 1 aliphatic heterocycles. The van der Waals surface area contributed by atoms with E-state index >= 15 is 0 Å². The Morgan fingerprint density at radius 2 is 2.55 bits per heavy atom. The smallest absolute Gasteiger partial charge is 0.100 e. The molecule has 2 nitrogen and oxygen atoms in total. The van der Waals surface area contributed by atoms with E-state index in [-0.39, 0.29) is 0 Å². The van der Waals surface area contributed by atoms with Gasteiger partial charge in [0.05, 0.1) is 19.0 Å². The van der Waals surface area contributed by atoms with E-state index in [2.05, 4.69) is 13.5 Å². The predicted octanol–water partition coefficient (Wildman–Crippen LogP) is 2.10. The molecule has 0 aromatic heterocycles. The summed E-state index contributed by atoms with van der Waals surface area (Å²) in [5.74, 6) is 0. The molecule has 64 valence electrons. The average Bonchev–Trinajstić information content (AvgIpc) is 2.73. The zero-order chi connectivity index (χ0) is 8.10. The van der Waals surface area contributed by atoms with Crippen LogP contribution in [0.2, 0.25) is 0 Å². The predicted molar refractivity (Wildman–Crippen MR) is 44.3 cm³/mol. The van der Waals surface area contributed by atoms with Gasteiger partial charge in [-0.1, -0.05) is 19.9 Å². The van der Waals surface area contributed by atoms with Gasteiger partial charge in [0, 0.05) is 6.42 Å². The van der Waals surface area contributed by atoms with Crippen LogP contribution in [0.25, 0.3) is 0 Å². The molecule has 0 radical (unpaired) electrons. The van der Waals surface area contributed by atoms with Crippen molar-refractivity contribution in [2.75, 3.05) is 6.61 Å². The van der Waals surface area contributed by atoms with Crippen molar-refractivity contribution in [1.29, 1.82) is 0 Å². The summed E-state index contributed by atoms with van der Waals surface area (Å²) in [5, 5.41) is 0. The van der Waals surface area contributed by atoms with Gasteiger partial charge < -0.3 is 9.47 Å². The molecule has 0 N–H and O–H groups in total. The Balaban J connectivity index is 2.13.